The highest BCUT2D eigenvalue weighted by Gasteiger charge is 2.63. The van der Waals surface area contributed by atoms with Crippen LogP contribution in [0.4, 0.5) is 0 Å². The van der Waals surface area contributed by atoms with E-state index in [1.807, 2.05) is 33.8 Å². The van der Waals surface area contributed by atoms with E-state index in [1.165, 1.54) is 5.01 Å². The summed E-state index contributed by atoms with van der Waals surface area (Å²) < 4.78 is 0. The van der Waals surface area contributed by atoms with Gasteiger partial charge in [-0.15, -0.1) is 0 Å². The van der Waals surface area contributed by atoms with E-state index in [4.69, 9.17) is 0 Å². The lowest BCUT2D eigenvalue weighted by molar-refractivity contribution is -0.136. The molecule has 2 aliphatic carbocycles. The molecular formula is C17H21N3O2. The summed E-state index contributed by atoms with van der Waals surface area (Å²) in [5, 5.41) is 15.3. The Labute approximate surface area is 130 Å². The Morgan fingerprint density at radius 1 is 1.32 bits per heavy atom. The molecule has 1 aliphatic heterocycles. The number of hydrogen-bond donors (Lipinski definition) is 0. The smallest absolute Gasteiger partial charge is 0.254 e. The largest absolute Gasteiger partial charge is 0.293 e. The normalized spacial score (nSPS) is 39.6. The fraction of sp³-hybridized carbons (Fsp3) is 0.647. The monoisotopic (exact) mass is 299 g/mol. The summed E-state index contributed by atoms with van der Waals surface area (Å²) >= 11 is 0. The molecule has 0 aromatic carbocycles. The Bertz CT molecular complexity index is 697. The van der Waals surface area contributed by atoms with E-state index in [2.05, 4.69) is 5.10 Å². The van der Waals surface area contributed by atoms with Crippen molar-refractivity contribution < 1.29 is 9.59 Å². The SMILES string of the molecule is CN1N=C2C(C)(CC[C@H]3C(C)(C)C(=O)C(C#N)=C[C@]23C)C1=O. The van der Waals surface area contributed by atoms with Gasteiger partial charge in [-0.05, 0) is 25.7 Å². The molecule has 116 valence electrons. The maximum absolute atomic E-state index is 12.6. The van der Waals surface area contributed by atoms with Crippen molar-refractivity contribution in [2.45, 2.75) is 40.5 Å². The van der Waals surface area contributed by atoms with Crippen molar-refractivity contribution in [3.8, 4) is 6.07 Å². The van der Waals surface area contributed by atoms with E-state index in [0.29, 0.717) is 6.42 Å². The van der Waals surface area contributed by atoms with E-state index in [9.17, 15) is 14.9 Å². The first kappa shape index (κ1) is 15.0. The van der Waals surface area contributed by atoms with Gasteiger partial charge in [0.15, 0.2) is 5.78 Å². The van der Waals surface area contributed by atoms with Gasteiger partial charge in [0.25, 0.3) is 5.91 Å². The van der Waals surface area contributed by atoms with Crippen LogP contribution in [0.25, 0.3) is 0 Å². The number of carbonyl (C=O) groups is 2. The number of amides is 1. The highest BCUT2D eigenvalue weighted by molar-refractivity contribution is 6.17. The van der Waals surface area contributed by atoms with Crippen LogP contribution < -0.4 is 0 Å². The zero-order valence-electron chi connectivity index (χ0n) is 13.7. The molecule has 0 aromatic rings. The van der Waals surface area contributed by atoms with Crippen LogP contribution in [0.3, 0.4) is 0 Å². The lowest BCUT2D eigenvalue weighted by atomic mass is 9.47. The molecule has 5 heteroatoms. The van der Waals surface area contributed by atoms with Crippen LogP contribution in [0.1, 0.15) is 40.5 Å². The predicted molar refractivity (Wildman–Crippen MR) is 81.6 cm³/mol. The number of Topliss-reactive ketones (excluding diaryl/α,β-unsaturated/α-hetero) is 1. The summed E-state index contributed by atoms with van der Waals surface area (Å²) in [5.41, 5.74) is -0.777. The minimum Gasteiger partial charge on any atom is -0.293 e. The van der Waals surface area contributed by atoms with Gasteiger partial charge in [-0.2, -0.15) is 10.4 Å². The zero-order valence-corrected chi connectivity index (χ0v) is 13.7. The van der Waals surface area contributed by atoms with Gasteiger partial charge in [0.05, 0.1) is 16.7 Å². The first-order chi connectivity index (χ1) is 10.1. The molecule has 5 nitrogen and oxygen atoms in total. The van der Waals surface area contributed by atoms with E-state index in [-0.39, 0.29) is 23.2 Å². The number of ketones is 1. The van der Waals surface area contributed by atoms with Gasteiger partial charge in [-0.25, -0.2) is 5.01 Å². The Hall–Kier alpha value is -1.96. The standard InChI is InChI=1S/C17H21N3O2/c1-15(2)11-6-7-16(3)13(19-20(5)14(16)22)17(11,4)8-10(9-18)12(15)21/h8,11H,6-7H2,1-5H3/t11-,16?,17-/m0/s1. The average molecular weight is 299 g/mol. The molecule has 0 saturated heterocycles. The molecule has 0 N–H and O–H groups in total. The van der Waals surface area contributed by atoms with Crippen molar-refractivity contribution in [3.63, 3.8) is 0 Å². The van der Waals surface area contributed by atoms with Crippen molar-refractivity contribution in [2.75, 3.05) is 7.05 Å². The number of nitrogens with zero attached hydrogens (tertiary/aromatic N) is 3. The van der Waals surface area contributed by atoms with Crippen LogP contribution in [0, 0.1) is 33.5 Å². The quantitative estimate of drug-likeness (QED) is 0.689. The number of carbonyl (C=O) groups excluding carboxylic acids is 2. The zero-order chi connectivity index (χ0) is 16.5. The number of allylic oxidation sites excluding steroid dienone is 2. The highest BCUT2D eigenvalue weighted by Crippen LogP contribution is 2.59. The van der Waals surface area contributed by atoms with Gasteiger partial charge in [0.1, 0.15) is 6.07 Å². The van der Waals surface area contributed by atoms with Crippen LogP contribution in [-0.4, -0.2) is 29.5 Å². The lowest BCUT2D eigenvalue weighted by Gasteiger charge is -2.53. The molecule has 1 fully saturated rings. The Balaban J connectivity index is 2.25. The first-order valence-electron chi connectivity index (χ1n) is 7.64. The average Bonchev–Trinajstić information content (AvgIpc) is 2.68. The fourth-order valence-corrected chi connectivity index (χ4v) is 4.82. The number of nitriles is 1. The molecular weight excluding hydrogens is 278 g/mol. The molecule has 0 aromatic heterocycles. The van der Waals surface area contributed by atoms with Gasteiger partial charge >= 0.3 is 0 Å². The van der Waals surface area contributed by atoms with Crippen molar-refractivity contribution in [1.29, 1.82) is 5.26 Å². The van der Waals surface area contributed by atoms with Crippen LogP contribution in [-0.2, 0) is 9.59 Å². The molecule has 22 heavy (non-hydrogen) atoms. The fourth-order valence-electron chi connectivity index (χ4n) is 4.82. The predicted octanol–water partition coefficient (Wildman–Crippen LogP) is 2.30. The molecule has 1 amide bonds. The van der Waals surface area contributed by atoms with E-state index in [1.54, 1.807) is 13.1 Å². The van der Waals surface area contributed by atoms with E-state index < -0.39 is 16.2 Å². The molecule has 3 atom stereocenters. The number of rotatable bonds is 0. The van der Waals surface area contributed by atoms with Crippen molar-refractivity contribution >= 4 is 17.4 Å². The molecule has 3 rings (SSSR count). The molecule has 3 aliphatic rings. The first-order valence-corrected chi connectivity index (χ1v) is 7.64. The number of fused-ring (bicyclic) bond motifs is 3. The Kier molecular flexibility index (Phi) is 2.76. The summed E-state index contributed by atoms with van der Waals surface area (Å²) in [6.45, 7) is 7.77. The van der Waals surface area contributed by atoms with Gasteiger partial charge in [0, 0.05) is 17.9 Å². The summed E-state index contributed by atoms with van der Waals surface area (Å²) in [7, 11) is 1.67. The minimum atomic E-state index is -0.622. The molecule has 1 heterocycles. The maximum atomic E-state index is 12.6. The van der Waals surface area contributed by atoms with Crippen molar-refractivity contribution in [1.82, 2.24) is 5.01 Å². The molecule has 0 radical (unpaired) electrons. The third-order valence-corrected chi connectivity index (χ3v) is 5.97. The third-order valence-electron chi connectivity index (χ3n) is 5.97. The summed E-state index contributed by atoms with van der Waals surface area (Å²) in [4.78, 5) is 25.1. The van der Waals surface area contributed by atoms with Crippen LogP contribution >= 0.6 is 0 Å². The van der Waals surface area contributed by atoms with E-state index >= 15 is 0 Å². The summed E-state index contributed by atoms with van der Waals surface area (Å²) in [6, 6.07) is 2.04. The molecule has 1 unspecified atom stereocenters. The van der Waals surface area contributed by atoms with Gasteiger partial charge < -0.3 is 0 Å². The summed E-state index contributed by atoms with van der Waals surface area (Å²) in [6.07, 6.45) is 3.23. The topological polar surface area (TPSA) is 73.5 Å². The minimum absolute atomic E-state index is 0.00351. The third kappa shape index (κ3) is 1.50. The van der Waals surface area contributed by atoms with Crippen molar-refractivity contribution in [3.05, 3.63) is 11.6 Å². The Morgan fingerprint density at radius 3 is 2.55 bits per heavy atom. The second kappa shape index (κ2) is 4.07. The maximum Gasteiger partial charge on any atom is 0.254 e. The van der Waals surface area contributed by atoms with Crippen LogP contribution in [0.5, 0.6) is 0 Å². The number of hydrogen-bond acceptors (Lipinski definition) is 4. The molecule has 0 spiro atoms. The second-order valence-electron chi connectivity index (χ2n) is 7.70. The molecule has 1 saturated carbocycles. The van der Waals surface area contributed by atoms with Crippen molar-refractivity contribution in [2.24, 2.45) is 27.3 Å². The number of hydrazone groups is 1. The lowest BCUT2D eigenvalue weighted by Crippen LogP contribution is -2.57. The summed E-state index contributed by atoms with van der Waals surface area (Å²) in [5.74, 6) is -0.0427. The van der Waals surface area contributed by atoms with Gasteiger partial charge in [-0.1, -0.05) is 26.8 Å². The van der Waals surface area contributed by atoms with E-state index in [0.717, 1.165) is 12.1 Å². The van der Waals surface area contributed by atoms with Crippen LogP contribution in [0.2, 0.25) is 0 Å². The highest BCUT2D eigenvalue weighted by atomic mass is 16.2. The Morgan fingerprint density at radius 2 is 1.95 bits per heavy atom. The van der Waals surface area contributed by atoms with Gasteiger partial charge in [-0.3, -0.25) is 9.59 Å². The van der Waals surface area contributed by atoms with Crippen LogP contribution in [0.15, 0.2) is 16.8 Å². The van der Waals surface area contributed by atoms with Gasteiger partial charge in [0.2, 0.25) is 0 Å². The second-order valence-corrected chi connectivity index (χ2v) is 7.70. The molecule has 0 bridgehead atoms.